The fourth-order valence-corrected chi connectivity index (χ4v) is 3.87. The second-order valence-electron chi connectivity index (χ2n) is 7.00. The van der Waals surface area contributed by atoms with Crippen molar-refractivity contribution >= 4 is 5.91 Å². The molecule has 2 heterocycles. The third kappa shape index (κ3) is 5.16. The molecule has 0 N–H and O–H groups in total. The smallest absolute Gasteiger partial charge is 0.239 e. The number of amides is 1. The van der Waals surface area contributed by atoms with Crippen LogP contribution in [0.1, 0.15) is 46.0 Å². The van der Waals surface area contributed by atoms with E-state index in [-0.39, 0.29) is 6.04 Å². The fraction of sp³-hybridized carbons (Fsp3) is 0.944. The Morgan fingerprint density at radius 1 is 1.13 bits per heavy atom. The molecule has 2 aliphatic rings. The zero-order valence-corrected chi connectivity index (χ0v) is 15.3. The van der Waals surface area contributed by atoms with E-state index in [0.29, 0.717) is 11.9 Å². The average Bonchev–Trinajstić information content (AvgIpc) is 2.87. The molecule has 0 spiro atoms. The molecule has 1 amide bonds. The van der Waals surface area contributed by atoms with Crippen molar-refractivity contribution in [2.75, 3.05) is 53.0 Å². The number of methoxy groups -OCH3 is 1. The molecular weight excluding hydrogens is 290 g/mol. The Kier molecular flexibility index (Phi) is 7.80. The molecular formula is C18H35N3O2. The van der Waals surface area contributed by atoms with E-state index in [9.17, 15) is 4.79 Å². The summed E-state index contributed by atoms with van der Waals surface area (Å²) < 4.78 is 5.23. The summed E-state index contributed by atoms with van der Waals surface area (Å²) in [6, 6.07) is 0.560. The summed E-state index contributed by atoms with van der Waals surface area (Å²) >= 11 is 0. The zero-order chi connectivity index (χ0) is 16.7. The van der Waals surface area contributed by atoms with Gasteiger partial charge in [0.1, 0.15) is 0 Å². The highest BCUT2D eigenvalue weighted by atomic mass is 16.5. The number of rotatable bonds is 6. The second-order valence-corrected chi connectivity index (χ2v) is 7.00. The van der Waals surface area contributed by atoms with Gasteiger partial charge in [0.05, 0.1) is 12.6 Å². The van der Waals surface area contributed by atoms with Crippen LogP contribution in [0.15, 0.2) is 0 Å². The molecule has 134 valence electrons. The molecule has 2 aliphatic heterocycles. The van der Waals surface area contributed by atoms with Crippen LogP contribution in [0.4, 0.5) is 0 Å². The second kappa shape index (κ2) is 9.60. The van der Waals surface area contributed by atoms with Crippen molar-refractivity contribution in [3.8, 4) is 0 Å². The van der Waals surface area contributed by atoms with E-state index >= 15 is 0 Å². The normalized spacial score (nSPS) is 26.0. The van der Waals surface area contributed by atoms with Crippen LogP contribution in [0.3, 0.4) is 0 Å². The summed E-state index contributed by atoms with van der Waals surface area (Å²) in [5.41, 5.74) is 0. The maximum Gasteiger partial charge on any atom is 0.239 e. The van der Waals surface area contributed by atoms with Crippen LogP contribution in [0.25, 0.3) is 0 Å². The van der Waals surface area contributed by atoms with Gasteiger partial charge < -0.3 is 9.64 Å². The van der Waals surface area contributed by atoms with E-state index in [4.69, 9.17) is 4.74 Å². The van der Waals surface area contributed by atoms with Crippen LogP contribution < -0.4 is 0 Å². The molecule has 23 heavy (non-hydrogen) atoms. The van der Waals surface area contributed by atoms with Gasteiger partial charge in [0.2, 0.25) is 5.91 Å². The Hall–Kier alpha value is -0.650. The van der Waals surface area contributed by atoms with Gasteiger partial charge >= 0.3 is 0 Å². The number of carbonyl (C=O) groups is 1. The van der Waals surface area contributed by atoms with Gasteiger partial charge in [0.25, 0.3) is 0 Å². The lowest BCUT2D eigenvalue weighted by atomic mass is 10.1. The van der Waals surface area contributed by atoms with Gasteiger partial charge in [-0.1, -0.05) is 19.8 Å². The first kappa shape index (κ1) is 18.7. The summed E-state index contributed by atoms with van der Waals surface area (Å²) in [5, 5.41) is 0. The summed E-state index contributed by atoms with van der Waals surface area (Å²) in [5.74, 6) is 0.340. The molecule has 2 saturated heterocycles. The SMILES string of the molecule is CCC1CN(C(C)C(=O)N2CCCCCC2)CCN1CCOC. The molecule has 2 atom stereocenters. The Balaban J connectivity index is 1.89. The molecule has 0 aliphatic carbocycles. The molecule has 2 unspecified atom stereocenters. The lowest BCUT2D eigenvalue weighted by molar-refractivity contribution is -0.137. The Morgan fingerprint density at radius 2 is 1.83 bits per heavy atom. The number of likely N-dealkylation sites (tertiary alicyclic amines) is 1. The third-order valence-electron chi connectivity index (χ3n) is 5.51. The van der Waals surface area contributed by atoms with Crippen molar-refractivity contribution in [2.24, 2.45) is 0 Å². The highest BCUT2D eigenvalue weighted by molar-refractivity contribution is 5.81. The number of ether oxygens (including phenoxy) is 1. The van der Waals surface area contributed by atoms with Crippen molar-refractivity contribution in [1.82, 2.24) is 14.7 Å². The maximum absolute atomic E-state index is 12.8. The predicted octanol–water partition coefficient (Wildman–Crippen LogP) is 1.82. The Morgan fingerprint density at radius 3 is 2.43 bits per heavy atom. The van der Waals surface area contributed by atoms with Crippen molar-refractivity contribution in [1.29, 1.82) is 0 Å². The summed E-state index contributed by atoms with van der Waals surface area (Å²) in [6.45, 7) is 11.1. The van der Waals surface area contributed by atoms with Crippen molar-refractivity contribution in [3.63, 3.8) is 0 Å². The van der Waals surface area contributed by atoms with E-state index in [2.05, 4.69) is 28.5 Å². The van der Waals surface area contributed by atoms with Gasteiger partial charge in [0, 0.05) is 52.4 Å². The minimum absolute atomic E-state index is 0.0201. The molecule has 5 nitrogen and oxygen atoms in total. The topological polar surface area (TPSA) is 36.0 Å². The summed E-state index contributed by atoms with van der Waals surface area (Å²) in [7, 11) is 1.76. The van der Waals surface area contributed by atoms with Gasteiger partial charge in [-0.05, 0) is 26.2 Å². The molecule has 0 aromatic heterocycles. The molecule has 2 rings (SSSR count). The Bertz CT molecular complexity index is 356. The van der Waals surface area contributed by atoms with Crippen LogP contribution in [0.2, 0.25) is 0 Å². The molecule has 0 aromatic rings. The highest BCUT2D eigenvalue weighted by Crippen LogP contribution is 2.18. The molecule has 0 radical (unpaired) electrons. The first-order chi connectivity index (χ1) is 11.2. The minimum atomic E-state index is 0.0201. The van der Waals surface area contributed by atoms with Crippen LogP contribution in [-0.2, 0) is 9.53 Å². The van der Waals surface area contributed by atoms with Gasteiger partial charge in [-0.15, -0.1) is 0 Å². The molecule has 5 heteroatoms. The first-order valence-electron chi connectivity index (χ1n) is 9.43. The third-order valence-corrected chi connectivity index (χ3v) is 5.51. The number of nitrogens with zero attached hydrogens (tertiary/aromatic N) is 3. The predicted molar refractivity (Wildman–Crippen MR) is 93.6 cm³/mol. The highest BCUT2D eigenvalue weighted by Gasteiger charge is 2.32. The largest absolute Gasteiger partial charge is 0.383 e. The Labute approximate surface area is 141 Å². The first-order valence-corrected chi connectivity index (χ1v) is 9.43. The number of hydrogen-bond donors (Lipinski definition) is 0. The average molecular weight is 325 g/mol. The van der Waals surface area contributed by atoms with Crippen molar-refractivity contribution in [2.45, 2.75) is 58.0 Å². The molecule has 0 saturated carbocycles. The van der Waals surface area contributed by atoms with Crippen molar-refractivity contribution in [3.05, 3.63) is 0 Å². The monoisotopic (exact) mass is 325 g/mol. The van der Waals surface area contributed by atoms with Gasteiger partial charge in [0.15, 0.2) is 0 Å². The van der Waals surface area contributed by atoms with E-state index in [1.54, 1.807) is 7.11 Å². The van der Waals surface area contributed by atoms with Gasteiger partial charge in [-0.3, -0.25) is 14.6 Å². The number of hydrogen-bond acceptors (Lipinski definition) is 4. The van der Waals surface area contributed by atoms with E-state index in [1.165, 1.54) is 25.7 Å². The molecule has 0 aromatic carbocycles. The molecule has 0 bridgehead atoms. The standard InChI is InChI=1S/C18H35N3O2/c1-4-17-15-21(12-11-19(17)13-14-23-3)16(2)18(22)20-9-7-5-6-8-10-20/h16-17H,4-15H2,1-3H3. The van der Waals surface area contributed by atoms with E-state index in [0.717, 1.165) is 52.3 Å². The zero-order valence-electron chi connectivity index (χ0n) is 15.3. The quantitative estimate of drug-likeness (QED) is 0.746. The van der Waals surface area contributed by atoms with E-state index < -0.39 is 0 Å². The van der Waals surface area contributed by atoms with Crippen molar-refractivity contribution < 1.29 is 9.53 Å². The van der Waals surface area contributed by atoms with Crippen LogP contribution >= 0.6 is 0 Å². The fourth-order valence-electron chi connectivity index (χ4n) is 3.87. The van der Waals surface area contributed by atoms with Gasteiger partial charge in [-0.25, -0.2) is 0 Å². The molecule has 2 fully saturated rings. The van der Waals surface area contributed by atoms with Crippen LogP contribution in [-0.4, -0.2) is 85.7 Å². The van der Waals surface area contributed by atoms with Crippen LogP contribution in [0.5, 0.6) is 0 Å². The maximum atomic E-state index is 12.8. The minimum Gasteiger partial charge on any atom is -0.383 e. The summed E-state index contributed by atoms with van der Waals surface area (Å²) in [6.07, 6.45) is 6.01. The lowest BCUT2D eigenvalue weighted by Gasteiger charge is -2.43. The number of piperazine rings is 1. The van der Waals surface area contributed by atoms with E-state index in [1.807, 2.05) is 0 Å². The lowest BCUT2D eigenvalue weighted by Crippen LogP contribution is -2.58. The summed E-state index contributed by atoms with van der Waals surface area (Å²) in [4.78, 5) is 19.9. The number of carbonyl (C=O) groups excluding carboxylic acids is 1. The van der Waals surface area contributed by atoms with Crippen LogP contribution in [0, 0.1) is 0 Å². The van der Waals surface area contributed by atoms with Gasteiger partial charge in [-0.2, -0.15) is 0 Å².